The summed E-state index contributed by atoms with van der Waals surface area (Å²) in [7, 11) is 0. The number of rotatable bonds is 2. The van der Waals surface area contributed by atoms with Crippen molar-refractivity contribution in [1.29, 1.82) is 0 Å². The lowest BCUT2D eigenvalue weighted by atomic mass is 9.63. The number of hydrogen-bond acceptors (Lipinski definition) is 2. The van der Waals surface area contributed by atoms with Gasteiger partial charge in [0.25, 0.3) is 0 Å². The summed E-state index contributed by atoms with van der Waals surface area (Å²) < 4.78 is 5.95. The van der Waals surface area contributed by atoms with Gasteiger partial charge in [0.15, 0.2) is 0 Å². The van der Waals surface area contributed by atoms with Gasteiger partial charge in [0.05, 0.1) is 5.60 Å². The fourth-order valence-electron chi connectivity index (χ4n) is 3.35. The first-order valence-electron chi connectivity index (χ1n) is 5.29. The third-order valence-electron chi connectivity index (χ3n) is 4.22. The van der Waals surface area contributed by atoms with Crippen LogP contribution in [0, 0.1) is 5.41 Å². The summed E-state index contributed by atoms with van der Waals surface area (Å²) in [5.41, 5.74) is 0.285. The highest BCUT2D eigenvalue weighted by Gasteiger charge is 2.73. The van der Waals surface area contributed by atoms with E-state index in [1.165, 1.54) is 12.8 Å². The van der Waals surface area contributed by atoms with Crippen molar-refractivity contribution in [2.75, 3.05) is 6.61 Å². The zero-order valence-corrected chi connectivity index (χ0v) is 8.89. The van der Waals surface area contributed by atoms with Crippen molar-refractivity contribution in [3.63, 3.8) is 0 Å². The van der Waals surface area contributed by atoms with Gasteiger partial charge in [0.1, 0.15) is 5.60 Å². The lowest BCUT2D eigenvalue weighted by molar-refractivity contribution is 0.0918. The van der Waals surface area contributed by atoms with Crippen molar-refractivity contribution in [3.8, 4) is 0 Å². The molecule has 2 nitrogen and oxygen atoms in total. The van der Waals surface area contributed by atoms with E-state index in [-0.39, 0.29) is 23.2 Å². The number of aliphatic hydroxyl groups excluding tert-OH is 1. The van der Waals surface area contributed by atoms with Gasteiger partial charge in [0, 0.05) is 13.0 Å². The summed E-state index contributed by atoms with van der Waals surface area (Å²) in [6.45, 7) is 6.99. The third-order valence-corrected chi connectivity index (χ3v) is 4.22. The van der Waals surface area contributed by atoms with Gasteiger partial charge in [-0.15, -0.1) is 0 Å². The predicted molar refractivity (Wildman–Crippen MR) is 51.6 cm³/mol. The molecule has 1 saturated heterocycles. The van der Waals surface area contributed by atoms with Crippen LogP contribution in [0.2, 0.25) is 0 Å². The lowest BCUT2D eigenvalue weighted by Crippen LogP contribution is -2.43. The molecule has 0 amide bonds. The molecule has 1 saturated carbocycles. The van der Waals surface area contributed by atoms with E-state index >= 15 is 0 Å². The standard InChI is InChI=1S/C11H20O2/c1-9(2)5-4-6-10(3)11(9,13-10)7-8-12/h12H,4-8H2,1-3H3/t10-,11+/m0/s1. The molecule has 13 heavy (non-hydrogen) atoms. The van der Waals surface area contributed by atoms with Crippen molar-refractivity contribution in [2.24, 2.45) is 5.41 Å². The zero-order valence-electron chi connectivity index (χ0n) is 8.89. The topological polar surface area (TPSA) is 32.8 Å². The highest BCUT2D eigenvalue weighted by atomic mass is 16.6. The molecule has 2 atom stereocenters. The molecule has 0 aromatic carbocycles. The minimum atomic E-state index is -0.0208. The maximum absolute atomic E-state index is 9.08. The maximum atomic E-state index is 9.08. The molecule has 2 heteroatoms. The van der Waals surface area contributed by atoms with E-state index < -0.39 is 0 Å². The third kappa shape index (κ3) is 1.02. The van der Waals surface area contributed by atoms with E-state index in [0.717, 1.165) is 12.8 Å². The van der Waals surface area contributed by atoms with Gasteiger partial charge in [-0.3, -0.25) is 0 Å². The van der Waals surface area contributed by atoms with Gasteiger partial charge in [-0.2, -0.15) is 0 Å². The fourth-order valence-corrected chi connectivity index (χ4v) is 3.35. The molecule has 1 aliphatic heterocycles. The molecule has 2 rings (SSSR count). The molecule has 0 aromatic rings. The summed E-state index contributed by atoms with van der Waals surface area (Å²) in [4.78, 5) is 0. The van der Waals surface area contributed by atoms with Crippen LogP contribution in [0.3, 0.4) is 0 Å². The van der Waals surface area contributed by atoms with Crippen molar-refractivity contribution >= 4 is 0 Å². The first-order chi connectivity index (χ1) is 5.97. The molecule has 2 fully saturated rings. The largest absolute Gasteiger partial charge is 0.396 e. The van der Waals surface area contributed by atoms with Gasteiger partial charge in [-0.1, -0.05) is 13.8 Å². The normalized spacial score (nSPS) is 47.1. The monoisotopic (exact) mass is 184 g/mol. The molecule has 0 aromatic heterocycles. The van der Waals surface area contributed by atoms with Crippen LogP contribution in [0.15, 0.2) is 0 Å². The van der Waals surface area contributed by atoms with Crippen LogP contribution in [-0.4, -0.2) is 22.9 Å². The van der Waals surface area contributed by atoms with Crippen molar-refractivity contribution in [2.45, 2.75) is 57.7 Å². The Hall–Kier alpha value is -0.0800. The smallest absolute Gasteiger partial charge is 0.105 e. The first kappa shape index (κ1) is 9.47. The number of ether oxygens (including phenoxy) is 1. The first-order valence-corrected chi connectivity index (χ1v) is 5.29. The van der Waals surface area contributed by atoms with E-state index in [4.69, 9.17) is 9.84 Å². The van der Waals surface area contributed by atoms with E-state index in [1.807, 2.05) is 0 Å². The van der Waals surface area contributed by atoms with Crippen molar-refractivity contribution in [1.82, 2.24) is 0 Å². The SMILES string of the molecule is CC1(C)CCC[C@]2(C)O[C@]12CCO. The average molecular weight is 184 g/mol. The lowest BCUT2D eigenvalue weighted by Gasteiger charge is -2.38. The Morgan fingerprint density at radius 2 is 1.92 bits per heavy atom. The minimum absolute atomic E-state index is 0.0208. The Morgan fingerprint density at radius 1 is 1.23 bits per heavy atom. The van der Waals surface area contributed by atoms with Gasteiger partial charge < -0.3 is 9.84 Å². The molecular formula is C11H20O2. The Kier molecular flexibility index (Phi) is 1.81. The maximum Gasteiger partial charge on any atom is 0.105 e. The van der Waals surface area contributed by atoms with Gasteiger partial charge in [-0.25, -0.2) is 0 Å². The molecule has 1 aliphatic carbocycles. The van der Waals surface area contributed by atoms with Gasteiger partial charge >= 0.3 is 0 Å². The number of hydrogen-bond donors (Lipinski definition) is 1. The summed E-state index contributed by atoms with van der Waals surface area (Å²) in [6, 6.07) is 0. The number of epoxide rings is 1. The molecule has 1 N–H and O–H groups in total. The van der Waals surface area contributed by atoms with Gasteiger partial charge in [-0.05, 0) is 31.6 Å². The fraction of sp³-hybridized carbons (Fsp3) is 1.00. The second-order valence-electron chi connectivity index (χ2n) is 5.37. The van der Waals surface area contributed by atoms with E-state index in [9.17, 15) is 0 Å². The Morgan fingerprint density at radius 3 is 2.46 bits per heavy atom. The summed E-state index contributed by atoms with van der Waals surface area (Å²) >= 11 is 0. The van der Waals surface area contributed by atoms with Crippen LogP contribution in [-0.2, 0) is 4.74 Å². The molecule has 1 heterocycles. The zero-order chi connectivity index (χ0) is 9.74. The summed E-state index contributed by atoms with van der Waals surface area (Å²) in [5.74, 6) is 0. The Labute approximate surface area is 80.3 Å². The van der Waals surface area contributed by atoms with Crippen molar-refractivity contribution in [3.05, 3.63) is 0 Å². The molecule has 0 bridgehead atoms. The Bertz CT molecular complexity index is 220. The highest BCUT2D eigenvalue weighted by Crippen LogP contribution is 2.66. The van der Waals surface area contributed by atoms with Crippen LogP contribution >= 0.6 is 0 Å². The second kappa shape index (κ2) is 2.48. The summed E-state index contributed by atoms with van der Waals surface area (Å²) in [6.07, 6.45) is 4.45. The van der Waals surface area contributed by atoms with Crippen LogP contribution in [0.4, 0.5) is 0 Å². The van der Waals surface area contributed by atoms with Crippen LogP contribution in [0.25, 0.3) is 0 Å². The quantitative estimate of drug-likeness (QED) is 0.667. The van der Waals surface area contributed by atoms with Crippen LogP contribution in [0.5, 0.6) is 0 Å². The van der Waals surface area contributed by atoms with Gasteiger partial charge in [0.2, 0.25) is 0 Å². The minimum Gasteiger partial charge on any atom is -0.396 e. The highest BCUT2D eigenvalue weighted by molar-refractivity contribution is 5.21. The van der Waals surface area contributed by atoms with E-state index in [0.29, 0.717) is 0 Å². The van der Waals surface area contributed by atoms with E-state index in [1.54, 1.807) is 0 Å². The van der Waals surface area contributed by atoms with Crippen LogP contribution < -0.4 is 0 Å². The number of fused-ring (bicyclic) bond motifs is 1. The average Bonchev–Trinajstić information content (AvgIpc) is 2.58. The second-order valence-corrected chi connectivity index (χ2v) is 5.37. The molecule has 2 aliphatic rings. The Balaban J connectivity index is 2.24. The molecular weight excluding hydrogens is 164 g/mol. The summed E-state index contributed by atoms with van der Waals surface area (Å²) in [5, 5.41) is 9.08. The molecule has 76 valence electrons. The van der Waals surface area contributed by atoms with E-state index in [2.05, 4.69) is 20.8 Å². The van der Waals surface area contributed by atoms with Crippen LogP contribution in [0.1, 0.15) is 46.5 Å². The number of aliphatic hydroxyl groups is 1. The molecule has 0 radical (unpaired) electrons. The predicted octanol–water partition coefficient (Wildman–Crippen LogP) is 2.11. The molecule has 0 unspecified atom stereocenters. The molecule has 0 spiro atoms. The van der Waals surface area contributed by atoms with Crippen molar-refractivity contribution < 1.29 is 9.84 Å².